The molecule has 1 aliphatic rings. The summed E-state index contributed by atoms with van der Waals surface area (Å²) in [5.41, 5.74) is 7.38. The van der Waals surface area contributed by atoms with E-state index >= 15 is 0 Å². The fourth-order valence-corrected chi connectivity index (χ4v) is 4.60. The number of fused-ring (bicyclic) bond motifs is 2. The molecule has 1 amide bonds. The normalized spacial score (nSPS) is 14.5. The minimum atomic E-state index is 0.0337. The van der Waals surface area contributed by atoms with E-state index < -0.39 is 0 Å². The van der Waals surface area contributed by atoms with Crippen molar-refractivity contribution in [2.24, 2.45) is 0 Å². The lowest BCUT2D eigenvalue weighted by atomic mass is 9.87. The van der Waals surface area contributed by atoms with Gasteiger partial charge >= 0.3 is 0 Å². The lowest BCUT2D eigenvalue weighted by Crippen LogP contribution is -2.36. The number of aromatic nitrogens is 1. The van der Waals surface area contributed by atoms with Gasteiger partial charge in [0.25, 0.3) is 0 Å². The number of aromatic amines is 1. The molecular formula is C27H26N2O. The molecule has 0 saturated carbocycles. The van der Waals surface area contributed by atoms with E-state index in [0.717, 1.165) is 18.5 Å². The number of para-hydroxylation sites is 1. The zero-order valence-electron chi connectivity index (χ0n) is 17.3. The molecule has 30 heavy (non-hydrogen) atoms. The van der Waals surface area contributed by atoms with Crippen molar-refractivity contribution >= 4 is 16.8 Å². The highest BCUT2D eigenvalue weighted by molar-refractivity contribution is 5.86. The third-order valence-electron chi connectivity index (χ3n) is 6.34. The summed E-state index contributed by atoms with van der Waals surface area (Å²) in [7, 11) is 0. The van der Waals surface area contributed by atoms with Gasteiger partial charge in [0.1, 0.15) is 0 Å². The molecule has 3 nitrogen and oxygen atoms in total. The number of carbonyl (C=O) groups is 1. The molecule has 0 aliphatic carbocycles. The van der Waals surface area contributed by atoms with E-state index in [4.69, 9.17) is 0 Å². The van der Waals surface area contributed by atoms with Crippen LogP contribution < -0.4 is 0 Å². The van der Waals surface area contributed by atoms with E-state index in [-0.39, 0.29) is 11.8 Å². The highest BCUT2D eigenvalue weighted by Gasteiger charge is 2.26. The van der Waals surface area contributed by atoms with E-state index in [1.54, 1.807) is 0 Å². The molecule has 0 radical (unpaired) electrons. The first kappa shape index (κ1) is 18.7. The van der Waals surface area contributed by atoms with Gasteiger partial charge in [-0.1, -0.05) is 72.3 Å². The van der Waals surface area contributed by atoms with Crippen molar-refractivity contribution in [3.63, 3.8) is 0 Å². The minimum Gasteiger partial charge on any atom is -0.361 e. The van der Waals surface area contributed by atoms with Crippen LogP contribution in [0, 0.1) is 6.92 Å². The van der Waals surface area contributed by atoms with E-state index in [0.29, 0.717) is 13.0 Å². The van der Waals surface area contributed by atoms with Crippen molar-refractivity contribution < 1.29 is 4.79 Å². The maximum Gasteiger partial charge on any atom is 0.223 e. The van der Waals surface area contributed by atoms with Crippen molar-refractivity contribution in [2.45, 2.75) is 32.2 Å². The Kier molecular flexibility index (Phi) is 4.88. The minimum absolute atomic E-state index is 0.0337. The van der Waals surface area contributed by atoms with Gasteiger partial charge in [-0.15, -0.1) is 0 Å². The van der Waals surface area contributed by atoms with Crippen LogP contribution in [-0.2, 0) is 17.8 Å². The molecule has 4 aromatic rings. The average molecular weight is 395 g/mol. The van der Waals surface area contributed by atoms with E-state index in [9.17, 15) is 4.79 Å². The highest BCUT2D eigenvalue weighted by Crippen LogP contribution is 2.34. The number of benzene rings is 3. The van der Waals surface area contributed by atoms with Gasteiger partial charge in [-0.2, -0.15) is 0 Å². The van der Waals surface area contributed by atoms with Crippen LogP contribution in [0.3, 0.4) is 0 Å². The van der Waals surface area contributed by atoms with Gasteiger partial charge in [-0.3, -0.25) is 4.79 Å². The SMILES string of the molecule is Cc1ccc([C@@H](CC(=O)N2CCc3ccccc3C2)c2c[nH]c3ccccc23)cc1. The summed E-state index contributed by atoms with van der Waals surface area (Å²) < 4.78 is 0. The van der Waals surface area contributed by atoms with Crippen LogP contribution in [0.15, 0.2) is 79.0 Å². The van der Waals surface area contributed by atoms with E-state index in [1.165, 1.54) is 33.2 Å². The topological polar surface area (TPSA) is 36.1 Å². The quantitative estimate of drug-likeness (QED) is 0.482. The molecule has 1 N–H and O–H groups in total. The fraction of sp³-hybridized carbons (Fsp3) is 0.222. The number of aryl methyl sites for hydroxylation is 1. The zero-order chi connectivity index (χ0) is 20.5. The third-order valence-corrected chi connectivity index (χ3v) is 6.34. The van der Waals surface area contributed by atoms with Crippen molar-refractivity contribution in [3.8, 4) is 0 Å². The molecule has 1 atom stereocenters. The molecule has 3 aromatic carbocycles. The predicted octanol–water partition coefficient (Wildman–Crippen LogP) is 5.58. The number of nitrogens with one attached hydrogen (secondary N) is 1. The molecule has 1 aliphatic heterocycles. The lowest BCUT2D eigenvalue weighted by Gasteiger charge is -2.30. The second-order valence-corrected chi connectivity index (χ2v) is 8.29. The predicted molar refractivity (Wildman–Crippen MR) is 122 cm³/mol. The van der Waals surface area contributed by atoms with E-state index in [1.807, 2.05) is 11.0 Å². The highest BCUT2D eigenvalue weighted by atomic mass is 16.2. The first-order chi connectivity index (χ1) is 14.7. The molecule has 2 heterocycles. The molecular weight excluding hydrogens is 368 g/mol. The van der Waals surface area contributed by atoms with Crippen LogP contribution in [0.4, 0.5) is 0 Å². The molecule has 1 aromatic heterocycles. The summed E-state index contributed by atoms with van der Waals surface area (Å²) in [4.78, 5) is 18.8. The van der Waals surface area contributed by atoms with Crippen molar-refractivity contribution in [1.29, 1.82) is 0 Å². The van der Waals surface area contributed by atoms with Gasteiger partial charge < -0.3 is 9.88 Å². The summed E-state index contributed by atoms with van der Waals surface area (Å²) in [5, 5.41) is 1.19. The number of rotatable bonds is 4. The Hall–Kier alpha value is -3.33. The molecule has 0 saturated heterocycles. The molecule has 150 valence electrons. The van der Waals surface area contributed by atoms with Crippen LogP contribution in [-0.4, -0.2) is 22.3 Å². The number of hydrogen-bond donors (Lipinski definition) is 1. The Labute approximate surface area is 177 Å². The number of amides is 1. The van der Waals surface area contributed by atoms with Crippen LogP contribution in [0.1, 0.15) is 40.2 Å². The van der Waals surface area contributed by atoms with Gasteiger partial charge in [-0.25, -0.2) is 0 Å². The van der Waals surface area contributed by atoms with Crippen LogP contribution in [0.5, 0.6) is 0 Å². The summed E-state index contributed by atoms with van der Waals surface area (Å²) in [5.74, 6) is 0.256. The van der Waals surface area contributed by atoms with Crippen molar-refractivity contribution in [2.75, 3.05) is 6.54 Å². The maximum atomic E-state index is 13.4. The van der Waals surface area contributed by atoms with Gasteiger partial charge in [-0.05, 0) is 41.7 Å². The second-order valence-electron chi connectivity index (χ2n) is 8.29. The Morgan fingerprint density at radius 1 is 0.967 bits per heavy atom. The number of carbonyl (C=O) groups excluding carboxylic acids is 1. The smallest absolute Gasteiger partial charge is 0.223 e. The standard InChI is InChI=1S/C27H26N2O/c1-19-10-12-21(13-11-19)24(25-17-28-26-9-5-4-8-23(25)26)16-27(30)29-15-14-20-6-2-3-7-22(20)18-29/h2-13,17,24,28H,14-16,18H2,1H3/t24-/m1/s1. The molecule has 0 spiro atoms. The molecule has 0 fully saturated rings. The number of hydrogen-bond acceptors (Lipinski definition) is 1. The van der Waals surface area contributed by atoms with Gasteiger partial charge in [0.05, 0.1) is 0 Å². The van der Waals surface area contributed by atoms with Gasteiger partial charge in [0, 0.05) is 42.5 Å². The van der Waals surface area contributed by atoms with Crippen LogP contribution in [0.25, 0.3) is 10.9 Å². The molecule has 0 bridgehead atoms. The number of H-pyrrole nitrogens is 1. The van der Waals surface area contributed by atoms with Crippen LogP contribution in [0.2, 0.25) is 0 Å². The van der Waals surface area contributed by atoms with Crippen LogP contribution >= 0.6 is 0 Å². The summed E-state index contributed by atoms with van der Waals surface area (Å²) in [6.07, 6.45) is 3.49. The molecule has 5 rings (SSSR count). The van der Waals surface area contributed by atoms with Gasteiger partial charge in [0.15, 0.2) is 0 Å². The first-order valence-corrected chi connectivity index (χ1v) is 10.7. The number of nitrogens with zero attached hydrogens (tertiary/aromatic N) is 1. The first-order valence-electron chi connectivity index (χ1n) is 10.7. The zero-order valence-corrected chi connectivity index (χ0v) is 17.3. The Balaban J connectivity index is 1.47. The largest absolute Gasteiger partial charge is 0.361 e. The fourth-order valence-electron chi connectivity index (χ4n) is 4.60. The Bertz CT molecular complexity index is 1190. The Morgan fingerprint density at radius 3 is 2.53 bits per heavy atom. The average Bonchev–Trinajstić information content (AvgIpc) is 3.21. The summed E-state index contributed by atoms with van der Waals surface area (Å²) in [6, 6.07) is 25.4. The maximum absolute atomic E-state index is 13.4. The molecule has 3 heteroatoms. The van der Waals surface area contributed by atoms with E-state index in [2.05, 4.69) is 84.8 Å². The van der Waals surface area contributed by atoms with Crippen molar-refractivity contribution in [3.05, 3.63) is 107 Å². The Morgan fingerprint density at radius 2 is 1.70 bits per heavy atom. The molecule has 0 unspecified atom stereocenters. The monoisotopic (exact) mass is 394 g/mol. The summed E-state index contributed by atoms with van der Waals surface area (Å²) in [6.45, 7) is 3.61. The van der Waals surface area contributed by atoms with Gasteiger partial charge in [0.2, 0.25) is 5.91 Å². The van der Waals surface area contributed by atoms with Crippen molar-refractivity contribution in [1.82, 2.24) is 9.88 Å². The third kappa shape index (κ3) is 3.52. The summed E-state index contributed by atoms with van der Waals surface area (Å²) >= 11 is 0. The lowest BCUT2D eigenvalue weighted by molar-refractivity contribution is -0.132. The second kappa shape index (κ2) is 7.83.